The van der Waals surface area contributed by atoms with Crippen molar-refractivity contribution in [3.63, 3.8) is 0 Å². The van der Waals surface area contributed by atoms with Gasteiger partial charge in [0.05, 0.1) is 0 Å². The molecule has 0 saturated carbocycles. The highest BCUT2D eigenvalue weighted by molar-refractivity contribution is 5.98. The maximum Gasteiger partial charge on any atom is 0.351 e. The zero-order valence-corrected chi connectivity index (χ0v) is 13.7. The maximum atomic E-state index is 12.3. The molecule has 0 aromatic heterocycles. The molecule has 0 radical (unpaired) electrons. The number of hydrogen-bond acceptors (Lipinski definition) is 5. The molecule has 5 nitrogen and oxygen atoms in total. The lowest BCUT2D eigenvalue weighted by molar-refractivity contribution is -0.153. The molecule has 1 aliphatic heterocycles. The van der Waals surface area contributed by atoms with E-state index >= 15 is 0 Å². The van der Waals surface area contributed by atoms with Crippen LogP contribution in [0, 0.1) is 0 Å². The molecule has 2 aromatic carbocycles. The number of carbonyl (C=O) groups excluding carboxylic acids is 2. The van der Waals surface area contributed by atoms with Gasteiger partial charge in [-0.25, -0.2) is 4.79 Å². The second-order valence-corrected chi connectivity index (χ2v) is 6.23. The van der Waals surface area contributed by atoms with E-state index in [9.17, 15) is 9.59 Å². The van der Waals surface area contributed by atoms with Crippen LogP contribution in [0.1, 0.15) is 27.9 Å². The predicted molar refractivity (Wildman–Crippen MR) is 90.1 cm³/mol. The Labute approximate surface area is 145 Å². The third-order valence-electron chi connectivity index (χ3n) is 4.54. The van der Waals surface area contributed by atoms with Crippen molar-refractivity contribution < 1.29 is 23.8 Å². The largest absolute Gasteiger partial charge is 0.485 e. The fourth-order valence-electron chi connectivity index (χ4n) is 3.19. The van der Waals surface area contributed by atoms with Gasteiger partial charge in [0.15, 0.2) is 23.9 Å². The van der Waals surface area contributed by atoms with E-state index < -0.39 is 12.1 Å². The van der Waals surface area contributed by atoms with Crippen LogP contribution in [0.15, 0.2) is 42.5 Å². The fraction of sp³-hybridized carbons (Fsp3) is 0.300. The van der Waals surface area contributed by atoms with Gasteiger partial charge in [-0.3, -0.25) is 4.79 Å². The van der Waals surface area contributed by atoms with Gasteiger partial charge >= 0.3 is 5.97 Å². The molecule has 128 valence electrons. The smallest absolute Gasteiger partial charge is 0.351 e. The number of Topliss-reactive ketones (excluding diaryl/α,β-unsaturated/α-hetero) is 1. The molecular formula is C20H18O5. The first-order valence-corrected chi connectivity index (χ1v) is 8.41. The van der Waals surface area contributed by atoms with E-state index in [-0.39, 0.29) is 19.0 Å². The first kappa shape index (κ1) is 15.7. The third kappa shape index (κ3) is 3.22. The lowest BCUT2D eigenvalue weighted by Gasteiger charge is -2.24. The zero-order chi connectivity index (χ0) is 17.2. The molecule has 1 atom stereocenters. The molecule has 0 amide bonds. The minimum absolute atomic E-state index is 0.0723. The minimum Gasteiger partial charge on any atom is -0.485 e. The molecule has 0 bridgehead atoms. The number of para-hydroxylation sites is 2. The van der Waals surface area contributed by atoms with Gasteiger partial charge in [0.1, 0.15) is 6.61 Å². The number of carbonyl (C=O) groups is 2. The van der Waals surface area contributed by atoms with Crippen molar-refractivity contribution in [2.45, 2.75) is 25.4 Å². The number of fused-ring (bicyclic) bond motifs is 2. The molecule has 0 saturated heterocycles. The quantitative estimate of drug-likeness (QED) is 0.634. The molecule has 2 aromatic rings. The molecule has 1 aliphatic carbocycles. The molecule has 0 fully saturated rings. The number of hydrogen-bond donors (Lipinski definition) is 0. The highest BCUT2D eigenvalue weighted by atomic mass is 16.6. The number of esters is 1. The Bertz CT molecular complexity index is 827. The van der Waals surface area contributed by atoms with E-state index in [4.69, 9.17) is 14.2 Å². The van der Waals surface area contributed by atoms with Crippen LogP contribution in [0.5, 0.6) is 11.5 Å². The van der Waals surface area contributed by atoms with E-state index in [0.717, 1.165) is 19.3 Å². The van der Waals surface area contributed by atoms with Crippen molar-refractivity contribution in [1.82, 2.24) is 0 Å². The van der Waals surface area contributed by atoms with Crippen LogP contribution in [0.4, 0.5) is 0 Å². The standard InChI is InChI=1S/C20H18O5/c21-16(15-9-8-13-4-3-5-14(13)10-15)11-24-20(22)19-12-23-17-6-1-2-7-18(17)25-19/h1-2,6-10,19H,3-5,11-12H2/t19-/m1/s1. The topological polar surface area (TPSA) is 61.8 Å². The van der Waals surface area contributed by atoms with E-state index in [1.54, 1.807) is 24.3 Å². The zero-order valence-electron chi connectivity index (χ0n) is 13.7. The summed E-state index contributed by atoms with van der Waals surface area (Å²) in [5.74, 6) is 0.297. The van der Waals surface area contributed by atoms with Gasteiger partial charge in [-0.15, -0.1) is 0 Å². The van der Waals surface area contributed by atoms with Crippen LogP contribution >= 0.6 is 0 Å². The van der Waals surface area contributed by atoms with E-state index in [0.29, 0.717) is 17.1 Å². The third-order valence-corrected chi connectivity index (χ3v) is 4.54. The van der Waals surface area contributed by atoms with Gasteiger partial charge in [0.2, 0.25) is 6.10 Å². The van der Waals surface area contributed by atoms with Gasteiger partial charge < -0.3 is 14.2 Å². The predicted octanol–water partition coefficient (Wildman–Crippen LogP) is 2.74. The highest BCUT2D eigenvalue weighted by Gasteiger charge is 2.29. The number of ether oxygens (including phenoxy) is 3. The minimum atomic E-state index is -0.859. The van der Waals surface area contributed by atoms with Crippen molar-refractivity contribution in [2.24, 2.45) is 0 Å². The van der Waals surface area contributed by atoms with E-state index in [2.05, 4.69) is 0 Å². The van der Waals surface area contributed by atoms with Gasteiger partial charge in [-0.2, -0.15) is 0 Å². The monoisotopic (exact) mass is 338 g/mol. The maximum absolute atomic E-state index is 12.3. The van der Waals surface area contributed by atoms with Gasteiger partial charge in [-0.1, -0.05) is 24.3 Å². The van der Waals surface area contributed by atoms with Crippen molar-refractivity contribution in [2.75, 3.05) is 13.2 Å². The molecule has 4 rings (SSSR count). The highest BCUT2D eigenvalue weighted by Crippen LogP contribution is 2.31. The summed E-state index contributed by atoms with van der Waals surface area (Å²) in [6.45, 7) is -0.220. The summed E-state index contributed by atoms with van der Waals surface area (Å²) in [6, 6.07) is 12.8. The van der Waals surface area contributed by atoms with Crippen LogP contribution in [0.25, 0.3) is 0 Å². The number of aryl methyl sites for hydroxylation is 2. The Morgan fingerprint density at radius 2 is 1.84 bits per heavy atom. The first-order chi connectivity index (χ1) is 12.2. The van der Waals surface area contributed by atoms with Crippen molar-refractivity contribution in [3.05, 3.63) is 59.2 Å². The molecule has 1 heterocycles. The molecule has 0 unspecified atom stereocenters. The summed E-state index contributed by atoms with van der Waals surface area (Å²) in [6.07, 6.45) is 2.34. The first-order valence-electron chi connectivity index (χ1n) is 8.41. The Hall–Kier alpha value is -2.82. The molecule has 0 N–H and O–H groups in total. The van der Waals surface area contributed by atoms with Gasteiger partial charge in [0.25, 0.3) is 0 Å². The average molecular weight is 338 g/mol. The second-order valence-electron chi connectivity index (χ2n) is 6.23. The van der Waals surface area contributed by atoms with Crippen LogP contribution in [-0.4, -0.2) is 31.1 Å². The van der Waals surface area contributed by atoms with Gasteiger partial charge in [-0.05, 0) is 48.6 Å². The van der Waals surface area contributed by atoms with E-state index in [1.165, 1.54) is 11.1 Å². The Morgan fingerprint density at radius 3 is 2.72 bits per heavy atom. The SMILES string of the molecule is O=C(COC(=O)[C@H]1COc2ccccc2O1)c1ccc2c(c1)CCC2. The molecule has 5 heteroatoms. The Morgan fingerprint density at radius 1 is 1.04 bits per heavy atom. The lowest BCUT2D eigenvalue weighted by atomic mass is 10.0. The molecule has 2 aliphatic rings. The molecule has 25 heavy (non-hydrogen) atoms. The van der Waals surface area contributed by atoms with Crippen LogP contribution in [-0.2, 0) is 22.4 Å². The molecular weight excluding hydrogens is 320 g/mol. The van der Waals surface area contributed by atoms with Crippen molar-refractivity contribution >= 4 is 11.8 Å². The Balaban J connectivity index is 1.35. The second kappa shape index (κ2) is 6.59. The normalized spacial score (nSPS) is 17.7. The lowest BCUT2D eigenvalue weighted by Crippen LogP contribution is -2.38. The van der Waals surface area contributed by atoms with E-state index in [1.807, 2.05) is 18.2 Å². The summed E-state index contributed by atoms with van der Waals surface area (Å²) < 4.78 is 16.2. The average Bonchev–Trinajstić information content (AvgIpc) is 3.13. The summed E-state index contributed by atoms with van der Waals surface area (Å²) in [7, 11) is 0. The van der Waals surface area contributed by atoms with Crippen molar-refractivity contribution in [3.8, 4) is 11.5 Å². The van der Waals surface area contributed by atoms with Crippen molar-refractivity contribution in [1.29, 1.82) is 0 Å². The summed E-state index contributed by atoms with van der Waals surface area (Å²) in [4.78, 5) is 24.4. The number of rotatable bonds is 4. The number of benzene rings is 2. The van der Waals surface area contributed by atoms with Crippen LogP contribution < -0.4 is 9.47 Å². The Kier molecular flexibility index (Phi) is 4.14. The summed E-state index contributed by atoms with van der Waals surface area (Å²) in [5.41, 5.74) is 3.11. The van der Waals surface area contributed by atoms with Gasteiger partial charge in [0, 0.05) is 5.56 Å². The van der Waals surface area contributed by atoms with Crippen LogP contribution in [0.3, 0.4) is 0 Å². The number of ketones is 1. The fourth-order valence-corrected chi connectivity index (χ4v) is 3.19. The summed E-state index contributed by atoms with van der Waals surface area (Å²) in [5, 5.41) is 0. The van der Waals surface area contributed by atoms with Crippen LogP contribution in [0.2, 0.25) is 0 Å². The molecule has 0 spiro atoms. The summed E-state index contributed by atoms with van der Waals surface area (Å²) >= 11 is 0.